The second kappa shape index (κ2) is 6.06. The Hall–Kier alpha value is -1.56. The van der Waals surface area contributed by atoms with Gasteiger partial charge in [0.05, 0.1) is 12.2 Å². The molecule has 1 aromatic heterocycles. The van der Waals surface area contributed by atoms with E-state index in [0.29, 0.717) is 11.5 Å². The van der Waals surface area contributed by atoms with Gasteiger partial charge in [0, 0.05) is 10.3 Å². The SMILES string of the molecule is CCOC(=O)NNC(=O)c1csc2c1CCC(C)C2. The maximum Gasteiger partial charge on any atom is 0.426 e. The Morgan fingerprint density at radius 1 is 1.47 bits per heavy atom. The number of hydrogen-bond acceptors (Lipinski definition) is 4. The van der Waals surface area contributed by atoms with E-state index in [1.807, 2.05) is 5.38 Å². The third-order valence-electron chi connectivity index (χ3n) is 3.20. The quantitative estimate of drug-likeness (QED) is 0.818. The molecule has 1 heterocycles. The second-order valence-electron chi connectivity index (χ2n) is 4.70. The first-order valence-corrected chi connectivity index (χ1v) is 7.32. The fraction of sp³-hybridized carbons (Fsp3) is 0.538. The lowest BCUT2D eigenvalue weighted by Crippen LogP contribution is -2.42. The highest BCUT2D eigenvalue weighted by atomic mass is 32.1. The first-order chi connectivity index (χ1) is 9.11. The fourth-order valence-corrected chi connectivity index (χ4v) is 3.45. The van der Waals surface area contributed by atoms with Crippen LogP contribution in [-0.4, -0.2) is 18.6 Å². The molecular formula is C13H18N2O3S. The van der Waals surface area contributed by atoms with Gasteiger partial charge in [0.1, 0.15) is 0 Å². The van der Waals surface area contributed by atoms with Crippen LogP contribution in [0.2, 0.25) is 0 Å². The van der Waals surface area contributed by atoms with Crippen molar-refractivity contribution in [2.75, 3.05) is 6.61 Å². The van der Waals surface area contributed by atoms with E-state index in [1.54, 1.807) is 18.3 Å². The summed E-state index contributed by atoms with van der Waals surface area (Å²) < 4.78 is 4.67. The zero-order valence-corrected chi connectivity index (χ0v) is 11.9. The standard InChI is InChI=1S/C13H18N2O3S/c1-3-18-13(17)15-14-12(16)10-7-19-11-6-8(2)4-5-9(10)11/h7-8H,3-6H2,1-2H3,(H,14,16)(H,15,17). The molecule has 0 saturated carbocycles. The van der Waals surface area contributed by atoms with E-state index >= 15 is 0 Å². The van der Waals surface area contributed by atoms with Gasteiger partial charge >= 0.3 is 6.09 Å². The smallest absolute Gasteiger partial charge is 0.426 e. The van der Waals surface area contributed by atoms with Crippen molar-refractivity contribution < 1.29 is 14.3 Å². The summed E-state index contributed by atoms with van der Waals surface area (Å²) in [5.74, 6) is 0.403. The molecule has 1 aliphatic rings. The first-order valence-electron chi connectivity index (χ1n) is 6.44. The zero-order valence-electron chi connectivity index (χ0n) is 11.1. The summed E-state index contributed by atoms with van der Waals surface area (Å²) in [5, 5.41) is 1.87. The third-order valence-corrected chi connectivity index (χ3v) is 4.25. The van der Waals surface area contributed by atoms with Crippen molar-refractivity contribution in [2.24, 2.45) is 5.92 Å². The average Bonchev–Trinajstić information content (AvgIpc) is 2.79. The number of thiophene rings is 1. The Morgan fingerprint density at radius 3 is 3.00 bits per heavy atom. The Labute approximate surface area is 116 Å². The van der Waals surface area contributed by atoms with Crippen LogP contribution in [0.5, 0.6) is 0 Å². The number of fused-ring (bicyclic) bond motifs is 1. The molecule has 5 nitrogen and oxygen atoms in total. The van der Waals surface area contributed by atoms with Crippen molar-refractivity contribution >= 4 is 23.3 Å². The molecule has 1 aromatic rings. The Bertz CT molecular complexity index is 484. The van der Waals surface area contributed by atoms with E-state index < -0.39 is 6.09 Å². The summed E-state index contributed by atoms with van der Waals surface area (Å²) in [4.78, 5) is 24.4. The molecule has 2 amide bonds. The normalized spacial score (nSPS) is 17.5. The number of hydrazine groups is 1. The van der Waals surface area contributed by atoms with Crippen LogP contribution in [0.3, 0.4) is 0 Å². The summed E-state index contributed by atoms with van der Waals surface area (Å²) >= 11 is 1.62. The highest BCUT2D eigenvalue weighted by Crippen LogP contribution is 2.32. The maximum absolute atomic E-state index is 12.0. The monoisotopic (exact) mass is 282 g/mol. The zero-order chi connectivity index (χ0) is 13.8. The molecular weight excluding hydrogens is 264 g/mol. The van der Waals surface area contributed by atoms with E-state index in [0.717, 1.165) is 24.8 Å². The molecule has 0 aliphatic heterocycles. The largest absolute Gasteiger partial charge is 0.449 e. The maximum atomic E-state index is 12.0. The lowest BCUT2D eigenvalue weighted by atomic mass is 9.88. The number of amides is 2. The van der Waals surface area contributed by atoms with Gasteiger partial charge in [-0.15, -0.1) is 11.3 Å². The lowest BCUT2D eigenvalue weighted by Gasteiger charge is -2.18. The minimum absolute atomic E-state index is 0.271. The molecule has 6 heteroatoms. The predicted octanol–water partition coefficient (Wildman–Crippen LogP) is 2.26. The number of rotatable bonds is 2. The Kier molecular flexibility index (Phi) is 4.42. The van der Waals surface area contributed by atoms with Crippen LogP contribution < -0.4 is 10.9 Å². The van der Waals surface area contributed by atoms with Crippen LogP contribution >= 0.6 is 11.3 Å². The molecule has 0 aromatic carbocycles. The van der Waals surface area contributed by atoms with Crippen molar-refractivity contribution in [3.8, 4) is 0 Å². The minimum Gasteiger partial charge on any atom is -0.449 e. The van der Waals surface area contributed by atoms with E-state index in [4.69, 9.17) is 0 Å². The van der Waals surface area contributed by atoms with Gasteiger partial charge in [-0.3, -0.25) is 10.2 Å². The number of ether oxygens (including phenoxy) is 1. The molecule has 0 spiro atoms. The van der Waals surface area contributed by atoms with Gasteiger partial charge in [0.15, 0.2) is 0 Å². The highest BCUT2D eigenvalue weighted by Gasteiger charge is 2.23. The molecule has 0 radical (unpaired) electrons. The lowest BCUT2D eigenvalue weighted by molar-refractivity contribution is 0.0912. The average molecular weight is 282 g/mol. The van der Waals surface area contributed by atoms with Crippen LogP contribution in [0.1, 0.15) is 41.1 Å². The van der Waals surface area contributed by atoms with Crippen LogP contribution in [0, 0.1) is 5.92 Å². The van der Waals surface area contributed by atoms with Crippen molar-refractivity contribution in [1.82, 2.24) is 10.9 Å². The van der Waals surface area contributed by atoms with Crippen molar-refractivity contribution in [3.63, 3.8) is 0 Å². The number of carbonyl (C=O) groups is 2. The molecule has 0 saturated heterocycles. The summed E-state index contributed by atoms with van der Waals surface area (Å²) in [6.07, 6.45) is 2.43. The molecule has 0 fully saturated rings. The number of hydrogen-bond donors (Lipinski definition) is 2. The van der Waals surface area contributed by atoms with Crippen LogP contribution in [0.15, 0.2) is 5.38 Å². The highest BCUT2D eigenvalue weighted by molar-refractivity contribution is 7.10. The molecule has 1 unspecified atom stereocenters. The number of carbonyl (C=O) groups excluding carboxylic acids is 2. The van der Waals surface area contributed by atoms with Gasteiger partial charge in [-0.1, -0.05) is 6.92 Å². The molecule has 19 heavy (non-hydrogen) atoms. The summed E-state index contributed by atoms with van der Waals surface area (Å²) in [5.41, 5.74) is 6.41. The van der Waals surface area contributed by atoms with E-state index in [-0.39, 0.29) is 12.5 Å². The topological polar surface area (TPSA) is 67.4 Å². The molecule has 0 bridgehead atoms. The van der Waals surface area contributed by atoms with Crippen molar-refractivity contribution in [2.45, 2.75) is 33.1 Å². The molecule has 2 N–H and O–H groups in total. The van der Waals surface area contributed by atoms with E-state index in [2.05, 4.69) is 22.5 Å². The minimum atomic E-state index is -0.645. The predicted molar refractivity (Wildman–Crippen MR) is 73.1 cm³/mol. The van der Waals surface area contributed by atoms with Gasteiger partial charge in [-0.2, -0.15) is 0 Å². The second-order valence-corrected chi connectivity index (χ2v) is 5.66. The van der Waals surface area contributed by atoms with Gasteiger partial charge in [0.2, 0.25) is 0 Å². The fourth-order valence-electron chi connectivity index (χ4n) is 2.21. The van der Waals surface area contributed by atoms with Gasteiger partial charge in [-0.25, -0.2) is 10.2 Å². The van der Waals surface area contributed by atoms with Gasteiger partial charge in [-0.05, 0) is 37.7 Å². The van der Waals surface area contributed by atoms with Gasteiger partial charge in [0.25, 0.3) is 5.91 Å². The molecule has 104 valence electrons. The Balaban J connectivity index is 1.99. The Morgan fingerprint density at radius 2 is 2.26 bits per heavy atom. The summed E-state index contributed by atoms with van der Waals surface area (Å²) in [7, 11) is 0. The van der Waals surface area contributed by atoms with Crippen LogP contribution in [-0.2, 0) is 17.6 Å². The van der Waals surface area contributed by atoms with E-state index in [9.17, 15) is 9.59 Å². The summed E-state index contributed by atoms with van der Waals surface area (Å²) in [6, 6.07) is 0. The first kappa shape index (κ1) is 13.9. The molecule has 1 aliphatic carbocycles. The third kappa shape index (κ3) is 3.26. The van der Waals surface area contributed by atoms with E-state index in [1.165, 1.54) is 4.88 Å². The molecule has 2 rings (SSSR count). The van der Waals surface area contributed by atoms with Gasteiger partial charge < -0.3 is 4.74 Å². The molecule has 1 atom stereocenters. The van der Waals surface area contributed by atoms with Crippen molar-refractivity contribution in [3.05, 3.63) is 21.4 Å². The van der Waals surface area contributed by atoms with Crippen LogP contribution in [0.4, 0.5) is 4.79 Å². The summed E-state index contributed by atoms with van der Waals surface area (Å²) in [6.45, 7) is 4.20. The van der Waals surface area contributed by atoms with Crippen molar-refractivity contribution in [1.29, 1.82) is 0 Å². The van der Waals surface area contributed by atoms with Crippen LogP contribution in [0.25, 0.3) is 0 Å². The number of nitrogens with one attached hydrogen (secondary N) is 2.